The SMILES string of the molecule is Cc1cc(-c2ncccc2-c2ccc3c(c2)S(=O)(=O)NC=N3)ccc1F. The van der Waals surface area contributed by atoms with Gasteiger partial charge in [-0.15, -0.1) is 0 Å². The van der Waals surface area contributed by atoms with Gasteiger partial charge < -0.3 is 0 Å². The lowest BCUT2D eigenvalue weighted by Gasteiger charge is -2.15. The summed E-state index contributed by atoms with van der Waals surface area (Å²) in [6.07, 6.45) is 2.81. The number of fused-ring (bicyclic) bond motifs is 1. The molecule has 3 aromatic rings. The number of nitrogens with zero attached hydrogens (tertiary/aromatic N) is 2. The summed E-state index contributed by atoms with van der Waals surface area (Å²) in [5.74, 6) is -0.282. The van der Waals surface area contributed by atoms with Gasteiger partial charge >= 0.3 is 0 Å². The molecule has 26 heavy (non-hydrogen) atoms. The zero-order valence-corrected chi connectivity index (χ0v) is 14.6. The summed E-state index contributed by atoms with van der Waals surface area (Å²) in [4.78, 5) is 8.59. The Morgan fingerprint density at radius 2 is 1.85 bits per heavy atom. The number of hydrogen-bond donors (Lipinski definition) is 1. The van der Waals surface area contributed by atoms with Gasteiger partial charge in [0.1, 0.15) is 17.1 Å². The van der Waals surface area contributed by atoms with E-state index in [0.29, 0.717) is 22.5 Å². The Hall–Kier alpha value is -3.06. The number of halogens is 1. The summed E-state index contributed by atoms with van der Waals surface area (Å²) >= 11 is 0. The molecule has 0 unspecified atom stereocenters. The molecule has 0 saturated carbocycles. The van der Waals surface area contributed by atoms with E-state index >= 15 is 0 Å². The minimum atomic E-state index is -3.63. The summed E-state index contributed by atoms with van der Waals surface area (Å²) in [7, 11) is -3.63. The van der Waals surface area contributed by atoms with Crippen molar-refractivity contribution in [1.82, 2.24) is 9.71 Å². The molecule has 0 radical (unpaired) electrons. The molecule has 130 valence electrons. The number of sulfonamides is 1. The Morgan fingerprint density at radius 3 is 2.65 bits per heavy atom. The molecule has 0 saturated heterocycles. The van der Waals surface area contributed by atoms with E-state index in [4.69, 9.17) is 0 Å². The molecule has 0 fully saturated rings. The molecule has 0 atom stereocenters. The summed E-state index contributed by atoms with van der Waals surface area (Å²) in [5.41, 5.74) is 3.76. The maximum absolute atomic E-state index is 13.6. The first-order chi connectivity index (χ1) is 12.5. The fourth-order valence-electron chi connectivity index (χ4n) is 2.89. The number of aliphatic imine (C=N–C) groups is 1. The van der Waals surface area contributed by atoms with Gasteiger partial charge in [0.05, 0.1) is 11.4 Å². The quantitative estimate of drug-likeness (QED) is 0.749. The monoisotopic (exact) mass is 367 g/mol. The average Bonchev–Trinajstić information content (AvgIpc) is 2.64. The molecule has 0 bridgehead atoms. The Bertz CT molecular complexity index is 1160. The highest BCUT2D eigenvalue weighted by atomic mass is 32.2. The zero-order valence-electron chi connectivity index (χ0n) is 13.8. The number of aromatic nitrogens is 1. The van der Waals surface area contributed by atoms with E-state index in [1.165, 1.54) is 6.07 Å². The maximum atomic E-state index is 13.6. The lowest BCUT2D eigenvalue weighted by atomic mass is 9.98. The number of nitrogens with one attached hydrogen (secondary N) is 1. The van der Waals surface area contributed by atoms with Crippen LogP contribution in [0.1, 0.15) is 5.56 Å². The van der Waals surface area contributed by atoms with Crippen LogP contribution in [0.5, 0.6) is 0 Å². The molecule has 0 spiro atoms. The van der Waals surface area contributed by atoms with Crippen LogP contribution in [-0.4, -0.2) is 19.7 Å². The van der Waals surface area contributed by atoms with Crippen LogP contribution in [0.3, 0.4) is 0 Å². The van der Waals surface area contributed by atoms with E-state index in [1.807, 2.05) is 6.07 Å². The summed E-state index contributed by atoms with van der Waals surface area (Å²) in [6.45, 7) is 1.69. The van der Waals surface area contributed by atoms with Crippen LogP contribution in [-0.2, 0) is 10.0 Å². The zero-order chi connectivity index (χ0) is 18.3. The van der Waals surface area contributed by atoms with Crippen LogP contribution in [0.2, 0.25) is 0 Å². The molecule has 2 aromatic carbocycles. The van der Waals surface area contributed by atoms with Gasteiger partial charge in [-0.2, -0.15) is 0 Å². The van der Waals surface area contributed by atoms with Gasteiger partial charge in [0.15, 0.2) is 0 Å². The molecule has 2 heterocycles. The minimum Gasteiger partial charge on any atom is -0.270 e. The first kappa shape index (κ1) is 16.4. The van der Waals surface area contributed by atoms with Crippen molar-refractivity contribution in [2.75, 3.05) is 0 Å². The van der Waals surface area contributed by atoms with Crippen LogP contribution < -0.4 is 4.72 Å². The van der Waals surface area contributed by atoms with Gasteiger partial charge in [0.25, 0.3) is 10.0 Å². The number of aryl methyl sites for hydroxylation is 1. The van der Waals surface area contributed by atoms with Crippen molar-refractivity contribution < 1.29 is 12.8 Å². The minimum absolute atomic E-state index is 0.114. The van der Waals surface area contributed by atoms with Crippen LogP contribution in [0.25, 0.3) is 22.4 Å². The first-order valence-corrected chi connectivity index (χ1v) is 9.35. The molecule has 1 aliphatic rings. The standard InChI is InChI=1S/C19H14FN3O2S/c1-12-9-14(4-6-16(12)20)19-15(3-2-8-21-19)13-5-7-17-18(10-13)26(24,25)23-11-22-17/h2-11H,1H3,(H,22,23). The molecule has 1 aromatic heterocycles. The third-order valence-corrected chi connectivity index (χ3v) is 5.53. The Kier molecular flexibility index (Phi) is 3.81. The fourth-order valence-corrected chi connectivity index (χ4v) is 3.89. The number of pyridine rings is 1. The van der Waals surface area contributed by atoms with E-state index in [-0.39, 0.29) is 10.7 Å². The van der Waals surface area contributed by atoms with Gasteiger partial charge in [0.2, 0.25) is 0 Å². The molecule has 5 nitrogen and oxygen atoms in total. The molecule has 4 rings (SSSR count). The van der Waals surface area contributed by atoms with Crippen LogP contribution in [0, 0.1) is 12.7 Å². The van der Waals surface area contributed by atoms with Gasteiger partial charge in [0, 0.05) is 17.3 Å². The summed E-state index contributed by atoms with van der Waals surface area (Å²) < 4.78 is 40.3. The third kappa shape index (κ3) is 2.76. The fraction of sp³-hybridized carbons (Fsp3) is 0.0526. The highest BCUT2D eigenvalue weighted by molar-refractivity contribution is 7.90. The van der Waals surface area contributed by atoms with E-state index in [1.54, 1.807) is 49.5 Å². The normalized spacial score (nSPS) is 14.5. The Balaban J connectivity index is 1.90. The maximum Gasteiger partial charge on any atom is 0.264 e. The van der Waals surface area contributed by atoms with E-state index < -0.39 is 10.0 Å². The molecule has 1 aliphatic heterocycles. The second-order valence-corrected chi connectivity index (χ2v) is 7.61. The summed E-state index contributed by atoms with van der Waals surface area (Å²) in [6, 6.07) is 13.5. The van der Waals surface area contributed by atoms with Crippen LogP contribution in [0.4, 0.5) is 10.1 Å². The summed E-state index contributed by atoms with van der Waals surface area (Å²) in [5, 5.41) is 0. The number of rotatable bonds is 2. The van der Waals surface area contributed by atoms with Crippen molar-refractivity contribution in [3.05, 3.63) is 66.1 Å². The molecular weight excluding hydrogens is 353 g/mol. The van der Waals surface area contributed by atoms with Gasteiger partial charge in [-0.05, 0) is 54.4 Å². The average molecular weight is 367 g/mol. The van der Waals surface area contributed by atoms with Crippen molar-refractivity contribution in [1.29, 1.82) is 0 Å². The van der Waals surface area contributed by atoms with Crippen molar-refractivity contribution in [3.8, 4) is 22.4 Å². The smallest absolute Gasteiger partial charge is 0.264 e. The van der Waals surface area contributed by atoms with Gasteiger partial charge in [-0.1, -0.05) is 12.1 Å². The second kappa shape index (κ2) is 6.03. The van der Waals surface area contributed by atoms with Crippen molar-refractivity contribution in [2.45, 2.75) is 11.8 Å². The van der Waals surface area contributed by atoms with Crippen LogP contribution >= 0.6 is 0 Å². The second-order valence-electron chi connectivity index (χ2n) is 5.93. The molecule has 0 amide bonds. The molecule has 7 heteroatoms. The van der Waals surface area contributed by atoms with Gasteiger partial charge in [-0.3, -0.25) is 9.71 Å². The van der Waals surface area contributed by atoms with E-state index in [0.717, 1.165) is 17.5 Å². The number of benzene rings is 2. The van der Waals surface area contributed by atoms with Gasteiger partial charge in [-0.25, -0.2) is 17.8 Å². The van der Waals surface area contributed by atoms with Crippen molar-refractivity contribution in [2.24, 2.45) is 4.99 Å². The molecule has 1 N–H and O–H groups in total. The van der Waals surface area contributed by atoms with Crippen molar-refractivity contribution in [3.63, 3.8) is 0 Å². The topological polar surface area (TPSA) is 71.4 Å². The largest absolute Gasteiger partial charge is 0.270 e. The van der Waals surface area contributed by atoms with E-state index in [9.17, 15) is 12.8 Å². The predicted molar refractivity (Wildman–Crippen MR) is 98.3 cm³/mol. The lowest BCUT2D eigenvalue weighted by molar-refractivity contribution is 0.592. The lowest BCUT2D eigenvalue weighted by Crippen LogP contribution is -2.24. The Morgan fingerprint density at radius 1 is 1.04 bits per heavy atom. The highest BCUT2D eigenvalue weighted by Gasteiger charge is 2.22. The van der Waals surface area contributed by atoms with Crippen molar-refractivity contribution >= 4 is 22.0 Å². The molecular formula is C19H14FN3O2S. The van der Waals surface area contributed by atoms with E-state index in [2.05, 4.69) is 14.7 Å². The van der Waals surface area contributed by atoms with Crippen LogP contribution in [0.15, 0.2) is 64.6 Å². The third-order valence-electron chi connectivity index (χ3n) is 4.21. The predicted octanol–water partition coefficient (Wildman–Crippen LogP) is 3.81. The number of hydrogen-bond acceptors (Lipinski definition) is 4. The first-order valence-electron chi connectivity index (χ1n) is 7.86. The Labute approximate surface area is 150 Å². The molecule has 0 aliphatic carbocycles. The highest BCUT2D eigenvalue weighted by Crippen LogP contribution is 2.35.